The quantitative estimate of drug-likeness (QED) is 0.180. The summed E-state index contributed by atoms with van der Waals surface area (Å²) < 4.78 is 33.6. The van der Waals surface area contributed by atoms with Gasteiger partial charge in [-0.1, -0.05) is 0 Å². The fourth-order valence-corrected chi connectivity index (χ4v) is 2.17. The van der Waals surface area contributed by atoms with Gasteiger partial charge in [0, 0.05) is 21.7 Å². The Morgan fingerprint density at radius 1 is 1.05 bits per heavy atom. The Labute approximate surface area is 133 Å². The third kappa shape index (κ3) is 6.82. The smallest absolute Gasteiger partial charge is 0.387 e. The molecule has 0 aromatic heterocycles. The van der Waals surface area contributed by atoms with Gasteiger partial charge in [0.1, 0.15) is 24.9 Å². The molecule has 1 aliphatic heterocycles. The molecule has 1 rings (SSSR count). The molecular weight excluding hydrogens is 374 g/mol. The number of hydrogen-bond donors (Lipinski definition) is 7. The molecule has 15 heteroatoms. The van der Waals surface area contributed by atoms with Gasteiger partial charge >= 0.3 is 15.6 Å². The molecule has 1 saturated heterocycles. The Morgan fingerprint density at radius 2 is 1.52 bits per heavy atom. The Hall–Kier alpha value is 0.774. The SMILES string of the molecule is O=P(O)(O)OC[C@H]1O[C@](O)(COP(=O)(O)O)[C@@H](O)[C@@H]1O.[Ti]. The molecule has 124 valence electrons. The maximum atomic E-state index is 10.5. The van der Waals surface area contributed by atoms with Crippen LogP contribution in [0.3, 0.4) is 0 Å². The van der Waals surface area contributed by atoms with Crippen molar-refractivity contribution in [1.82, 2.24) is 0 Å². The predicted molar refractivity (Wildman–Crippen MR) is 57.8 cm³/mol. The first-order chi connectivity index (χ1) is 8.84. The molecule has 1 fully saturated rings. The van der Waals surface area contributed by atoms with E-state index in [0.29, 0.717) is 0 Å². The summed E-state index contributed by atoms with van der Waals surface area (Å²) in [4.78, 5) is 33.9. The minimum absolute atomic E-state index is 0. The van der Waals surface area contributed by atoms with Crippen molar-refractivity contribution in [2.45, 2.75) is 24.1 Å². The fourth-order valence-electron chi connectivity index (χ4n) is 1.47. The molecule has 1 heterocycles. The van der Waals surface area contributed by atoms with E-state index in [9.17, 15) is 24.4 Å². The minimum Gasteiger partial charge on any atom is -0.387 e. The first-order valence-corrected chi connectivity index (χ1v) is 8.07. The van der Waals surface area contributed by atoms with Gasteiger partial charge in [0.2, 0.25) is 5.79 Å². The predicted octanol–water partition coefficient (Wildman–Crippen LogP) is -2.99. The zero-order valence-corrected chi connectivity index (χ0v) is 13.6. The summed E-state index contributed by atoms with van der Waals surface area (Å²) >= 11 is 0. The molecule has 0 radical (unpaired) electrons. The standard InChI is InChI=1S/C6H14O12P2.Ti/c7-4-3(1-16-19(10,11)12)18-6(9,5(4)8)2-17-20(13,14)15;/h3-5,7-9H,1-2H2,(H2,10,11,12)(H2,13,14,15);/t3-,4-,5+,6-;/m1./s1. The van der Waals surface area contributed by atoms with Crippen LogP contribution in [0.5, 0.6) is 0 Å². The van der Waals surface area contributed by atoms with Crippen LogP contribution >= 0.6 is 15.6 Å². The summed E-state index contributed by atoms with van der Waals surface area (Å²) in [5, 5.41) is 28.8. The van der Waals surface area contributed by atoms with Gasteiger partial charge in [0.15, 0.2) is 0 Å². The summed E-state index contributed by atoms with van der Waals surface area (Å²) in [6.45, 7) is -2.05. The molecule has 0 aliphatic carbocycles. The average molecular weight is 388 g/mol. The maximum Gasteiger partial charge on any atom is 0.469 e. The van der Waals surface area contributed by atoms with Gasteiger partial charge in [-0.3, -0.25) is 9.05 Å². The second-order valence-electron chi connectivity index (χ2n) is 3.99. The van der Waals surface area contributed by atoms with E-state index in [0.717, 1.165) is 0 Å². The Morgan fingerprint density at radius 3 is 1.95 bits per heavy atom. The van der Waals surface area contributed by atoms with Gasteiger partial charge in [-0.25, -0.2) is 9.13 Å². The van der Waals surface area contributed by atoms with E-state index in [1.807, 2.05) is 0 Å². The summed E-state index contributed by atoms with van der Waals surface area (Å²) in [7, 11) is -9.82. The molecule has 0 spiro atoms. The molecular formula is C6H14O12P2Ti. The van der Waals surface area contributed by atoms with Crippen LogP contribution in [0.15, 0.2) is 0 Å². The largest absolute Gasteiger partial charge is 0.469 e. The van der Waals surface area contributed by atoms with Crippen LogP contribution in [-0.2, 0) is 44.6 Å². The molecule has 7 N–H and O–H groups in total. The van der Waals surface area contributed by atoms with Gasteiger partial charge < -0.3 is 39.6 Å². The Balaban J connectivity index is 0.00000400. The van der Waals surface area contributed by atoms with Gasteiger partial charge in [-0.05, 0) is 0 Å². The maximum absolute atomic E-state index is 10.5. The summed E-state index contributed by atoms with van der Waals surface area (Å²) in [6, 6.07) is 0. The summed E-state index contributed by atoms with van der Waals surface area (Å²) in [5.41, 5.74) is 0. The van der Waals surface area contributed by atoms with Crippen LogP contribution in [0, 0.1) is 0 Å². The average Bonchev–Trinajstić information content (AvgIpc) is 2.48. The van der Waals surface area contributed by atoms with Crippen LogP contribution in [0.25, 0.3) is 0 Å². The van der Waals surface area contributed by atoms with Crippen molar-refractivity contribution < 1.29 is 79.5 Å². The molecule has 4 atom stereocenters. The third-order valence-electron chi connectivity index (χ3n) is 2.37. The number of aliphatic hydroxyl groups is 3. The van der Waals surface area contributed by atoms with Gasteiger partial charge in [0.25, 0.3) is 0 Å². The molecule has 1 aliphatic rings. The number of hydrogen-bond acceptors (Lipinski definition) is 8. The third-order valence-corrected chi connectivity index (χ3v) is 3.32. The number of rotatable bonds is 6. The first-order valence-electron chi connectivity index (χ1n) is 5.00. The molecule has 12 nitrogen and oxygen atoms in total. The molecule has 0 aromatic carbocycles. The van der Waals surface area contributed by atoms with Crippen LogP contribution in [0.1, 0.15) is 0 Å². The second kappa shape index (κ2) is 7.56. The van der Waals surface area contributed by atoms with Crippen molar-refractivity contribution in [3.63, 3.8) is 0 Å². The Bertz CT molecular complexity index is 433. The van der Waals surface area contributed by atoms with Crippen molar-refractivity contribution in [3.8, 4) is 0 Å². The summed E-state index contributed by atoms with van der Waals surface area (Å²) in [6.07, 6.45) is -5.38. The van der Waals surface area contributed by atoms with E-state index in [-0.39, 0.29) is 21.7 Å². The zero-order chi connectivity index (χ0) is 15.8. The van der Waals surface area contributed by atoms with Crippen LogP contribution in [0.4, 0.5) is 0 Å². The molecule has 0 saturated carbocycles. The van der Waals surface area contributed by atoms with Crippen molar-refractivity contribution in [2.24, 2.45) is 0 Å². The fraction of sp³-hybridized carbons (Fsp3) is 1.00. The molecule has 21 heavy (non-hydrogen) atoms. The van der Waals surface area contributed by atoms with Crippen molar-refractivity contribution in [1.29, 1.82) is 0 Å². The van der Waals surface area contributed by atoms with Gasteiger partial charge in [-0.15, -0.1) is 0 Å². The molecule has 0 bridgehead atoms. The van der Waals surface area contributed by atoms with Gasteiger partial charge in [0.05, 0.1) is 6.61 Å². The first kappa shape index (κ1) is 21.8. The van der Waals surface area contributed by atoms with E-state index >= 15 is 0 Å². The zero-order valence-electron chi connectivity index (χ0n) is 10.2. The van der Waals surface area contributed by atoms with Crippen LogP contribution in [-0.4, -0.2) is 72.2 Å². The molecule has 0 amide bonds. The van der Waals surface area contributed by atoms with E-state index in [1.165, 1.54) is 0 Å². The van der Waals surface area contributed by atoms with Crippen LogP contribution in [0.2, 0.25) is 0 Å². The van der Waals surface area contributed by atoms with Gasteiger partial charge in [-0.2, -0.15) is 0 Å². The van der Waals surface area contributed by atoms with E-state index in [1.54, 1.807) is 0 Å². The summed E-state index contributed by atoms with van der Waals surface area (Å²) in [5.74, 6) is -2.66. The normalized spacial score (nSPS) is 33.8. The van der Waals surface area contributed by atoms with E-state index in [4.69, 9.17) is 19.6 Å². The second-order valence-corrected chi connectivity index (χ2v) is 6.47. The monoisotopic (exact) mass is 388 g/mol. The number of ether oxygens (including phenoxy) is 1. The number of phosphoric ester groups is 2. The number of phosphoric acid groups is 2. The minimum atomic E-state index is -4.96. The van der Waals surface area contributed by atoms with Crippen LogP contribution < -0.4 is 0 Å². The topological polar surface area (TPSA) is 203 Å². The van der Waals surface area contributed by atoms with Crippen molar-refractivity contribution in [3.05, 3.63) is 0 Å². The molecule has 0 aromatic rings. The van der Waals surface area contributed by atoms with Crippen molar-refractivity contribution in [2.75, 3.05) is 13.2 Å². The van der Waals surface area contributed by atoms with Crippen molar-refractivity contribution >= 4 is 15.6 Å². The Kier molecular flexibility index (Phi) is 7.84. The molecule has 0 unspecified atom stereocenters. The van der Waals surface area contributed by atoms with E-state index < -0.39 is 53.0 Å². The van der Waals surface area contributed by atoms with E-state index in [2.05, 4.69) is 13.8 Å². The number of aliphatic hydroxyl groups excluding tert-OH is 2.